The fourth-order valence-electron chi connectivity index (χ4n) is 5.58. The Morgan fingerprint density at radius 2 is 1.86 bits per heavy atom. The molecule has 0 unspecified atom stereocenters. The zero-order chi connectivity index (χ0) is 24.4. The van der Waals surface area contributed by atoms with Crippen LogP contribution < -0.4 is 10.2 Å². The molecule has 0 spiro atoms. The number of para-hydroxylation sites is 1. The van der Waals surface area contributed by atoms with Crippen molar-refractivity contribution in [3.8, 4) is 0 Å². The molecule has 1 saturated carbocycles. The van der Waals surface area contributed by atoms with Gasteiger partial charge in [-0.2, -0.15) is 5.10 Å². The highest BCUT2D eigenvalue weighted by atomic mass is 35.5. The molecule has 1 amide bonds. The van der Waals surface area contributed by atoms with E-state index in [0.717, 1.165) is 47.1 Å². The van der Waals surface area contributed by atoms with Crippen molar-refractivity contribution in [2.45, 2.75) is 58.5 Å². The molecule has 186 valence electrons. The number of amides is 1. The summed E-state index contributed by atoms with van der Waals surface area (Å²) in [7, 11) is 0. The monoisotopic (exact) mass is 494 g/mol. The number of carbonyl (C=O) groups excluding carboxylic acids is 1. The molecule has 1 N–H and O–H groups in total. The van der Waals surface area contributed by atoms with E-state index in [9.17, 15) is 4.79 Å². The number of rotatable bonds is 6. The fraction of sp³-hybridized carbons (Fsp3) is 0.519. The summed E-state index contributed by atoms with van der Waals surface area (Å²) in [6.07, 6.45) is 9.99. The Labute approximate surface area is 212 Å². The van der Waals surface area contributed by atoms with E-state index < -0.39 is 0 Å². The molecule has 8 heteroatoms. The first-order chi connectivity index (χ1) is 17.1. The third kappa shape index (κ3) is 4.83. The Bertz CT molecular complexity index is 1180. The Kier molecular flexibility index (Phi) is 7.14. The van der Waals surface area contributed by atoms with E-state index in [0.29, 0.717) is 24.6 Å². The van der Waals surface area contributed by atoms with Crippen molar-refractivity contribution >= 4 is 39.9 Å². The number of carbonyl (C=O) groups is 1. The third-order valence-corrected chi connectivity index (χ3v) is 8.00. The van der Waals surface area contributed by atoms with E-state index in [1.54, 1.807) is 6.20 Å². The molecule has 1 aromatic carbocycles. The predicted octanol–water partition coefficient (Wildman–Crippen LogP) is 5.45. The number of aryl methyl sites for hydroxylation is 1. The van der Waals surface area contributed by atoms with Crippen molar-refractivity contribution in [3.63, 3.8) is 0 Å². The van der Waals surface area contributed by atoms with Gasteiger partial charge in [0.1, 0.15) is 0 Å². The summed E-state index contributed by atoms with van der Waals surface area (Å²) in [6.45, 7) is 7.85. The summed E-state index contributed by atoms with van der Waals surface area (Å²) in [5.74, 6) is 0.649. The van der Waals surface area contributed by atoms with Crippen LogP contribution in [-0.4, -0.2) is 57.8 Å². The first kappa shape index (κ1) is 23.9. The number of nitrogens with zero attached hydrogens (tertiary/aromatic N) is 5. The largest absolute Gasteiger partial charge is 0.381 e. The lowest BCUT2D eigenvalue weighted by atomic mass is 9.84. The predicted molar refractivity (Wildman–Crippen MR) is 142 cm³/mol. The van der Waals surface area contributed by atoms with Gasteiger partial charge in [-0.15, -0.1) is 0 Å². The van der Waals surface area contributed by atoms with E-state index in [4.69, 9.17) is 11.6 Å². The topological polar surface area (TPSA) is 66.3 Å². The molecular weight excluding hydrogens is 460 g/mol. The summed E-state index contributed by atoms with van der Waals surface area (Å²) in [6, 6.07) is 8.18. The van der Waals surface area contributed by atoms with Gasteiger partial charge in [-0.25, -0.2) is 9.67 Å². The van der Waals surface area contributed by atoms with E-state index in [-0.39, 0.29) is 11.9 Å². The van der Waals surface area contributed by atoms with Crippen LogP contribution >= 0.6 is 11.6 Å². The molecule has 1 aliphatic heterocycles. The van der Waals surface area contributed by atoms with E-state index in [1.165, 1.54) is 32.1 Å². The smallest absolute Gasteiger partial charge is 0.257 e. The van der Waals surface area contributed by atoms with Crippen LogP contribution in [0.2, 0.25) is 5.02 Å². The zero-order valence-electron chi connectivity index (χ0n) is 20.7. The molecule has 1 saturated heterocycles. The minimum atomic E-state index is 0.0285. The molecule has 3 heterocycles. The maximum absolute atomic E-state index is 13.8. The van der Waals surface area contributed by atoms with Crippen molar-refractivity contribution in [2.24, 2.45) is 5.92 Å². The van der Waals surface area contributed by atoms with Gasteiger partial charge in [0.05, 0.1) is 33.5 Å². The summed E-state index contributed by atoms with van der Waals surface area (Å²) in [4.78, 5) is 22.6. The Balaban J connectivity index is 1.39. The molecule has 2 aliphatic rings. The highest BCUT2D eigenvalue weighted by molar-refractivity contribution is 6.33. The second-order valence-electron chi connectivity index (χ2n) is 9.81. The molecular formula is C27H35ClN6O. The molecule has 3 aromatic rings. The van der Waals surface area contributed by atoms with E-state index >= 15 is 0 Å². The second kappa shape index (κ2) is 10.4. The molecule has 1 atom stereocenters. The van der Waals surface area contributed by atoms with Crippen LogP contribution in [-0.2, 0) is 6.54 Å². The van der Waals surface area contributed by atoms with Gasteiger partial charge >= 0.3 is 0 Å². The van der Waals surface area contributed by atoms with Gasteiger partial charge in [0.25, 0.3) is 5.91 Å². The van der Waals surface area contributed by atoms with Crippen molar-refractivity contribution in [1.82, 2.24) is 19.7 Å². The van der Waals surface area contributed by atoms with Crippen molar-refractivity contribution in [2.75, 3.05) is 36.4 Å². The van der Waals surface area contributed by atoms with Crippen LogP contribution in [0.15, 0.2) is 36.7 Å². The Morgan fingerprint density at radius 1 is 1.11 bits per heavy atom. The molecule has 0 bridgehead atoms. The van der Waals surface area contributed by atoms with Gasteiger partial charge in [-0.05, 0) is 44.7 Å². The van der Waals surface area contributed by atoms with Crippen molar-refractivity contribution < 1.29 is 4.79 Å². The van der Waals surface area contributed by atoms with Gasteiger partial charge in [0.15, 0.2) is 5.65 Å². The lowest BCUT2D eigenvalue weighted by Gasteiger charge is -2.37. The average molecular weight is 495 g/mol. The number of aromatic nitrogens is 3. The molecule has 7 nitrogen and oxygen atoms in total. The first-order valence-electron chi connectivity index (χ1n) is 13.0. The third-order valence-electron chi connectivity index (χ3n) is 7.69. The fourth-order valence-corrected chi connectivity index (χ4v) is 5.84. The van der Waals surface area contributed by atoms with Crippen LogP contribution in [0.25, 0.3) is 11.0 Å². The maximum Gasteiger partial charge on any atom is 0.257 e. The lowest BCUT2D eigenvalue weighted by Crippen LogP contribution is -2.49. The number of pyridine rings is 1. The van der Waals surface area contributed by atoms with Gasteiger partial charge in [0, 0.05) is 45.0 Å². The van der Waals surface area contributed by atoms with Crippen molar-refractivity contribution in [1.29, 1.82) is 0 Å². The molecule has 0 radical (unpaired) electrons. The normalized spacial score (nSPS) is 18.1. The highest BCUT2D eigenvalue weighted by Crippen LogP contribution is 2.33. The molecule has 2 aromatic heterocycles. The quantitative estimate of drug-likeness (QED) is 0.493. The van der Waals surface area contributed by atoms with Gasteiger partial charge in [-0.1, -0.05) is 43.0 Å². The van der Waals surface area contributed by atoms with Crippen molar-refractivity contribution in [3.05, 3.63) is 47.2 Å². The number of nitrogens with one attached hydrogen (secondary N) is 1. The van der Waals surface area contributed by atoms with E-state index in [1.807, 2.05) is 40.0 Å². The number of piperazine rings is 1. The summed E-state index contributed by atoms with van der Waals surface area (Å²) >= 11 is 6.41. The zero-order valence-corrected chi connectivity index (χ0v) is 21.5. The lowest BCUT2D eigenvalue weighted by molar-refractivity contribution is 0.0747. The van der Waals surface area contributed by atoms with Crippen LogP contribution in [0.1, 0.15) is 56.3 Å². The Hall–Kier alpha value is -2.80. The standard InChI is InChI=1S/C27H35ClN6O/c1-3-34-26-21(18-30-34)25(31-19(2)20-9-5-4-6-10-20)22(17-29-26)27(35)33-15-13-32(14-16-33)24-12-8-7-11-23(24)28/h7-8,11-12,17-20H,3-6,9-10,13-16H2,1-2H3,(H,29,31)/t19-/m1/s1. The number of benzene rings is 1. The number of hydrogen-bond donors (Lipinski definition) is 1. The summed E-state index contributed by atoms with van der Waals surface area (Å²) in [5, 5.41) is 9.96. The minimum Gasteiger partial charge on any atom is -0.381 e. The second-order valence-corrected chi connectivity index (χ2v) is 10.2. The summed E-state index contributed by atoms with van der Waals surface area (Å²) < 4.78 is 1.89. The number of anilines is 2. The molecule has 2 fully saturated rings. The van der Waals surface area contributed by atoms with Gasteiger partial charge < -0.3 is 15.1 Å². The first-order valence-corrected chi connectivity index (χ1v) is 13.3. The van der Waals surface area contributed by atoms with Crippen LogP contribution in [0, 0.1) is 5.92 Å². The number of halogens is 1. The Morgan fingerprint density at radius 3 is 2.57 bits per heavy atom. The molecule has 5 rings (SSSR count). The molecule has 1 aliphatic carbocycles. The summed E-state index contributed by atoms with van der Waals surface area (Å²) in [5.41, 5.74) is 3.37. The minimum absolute atomic E-state index is 0.0285. The van der Waals surface area contributed by atoms with Crippen LogP contribution in [0.5, 0.6) is 0 Å². The average Bonchev–Trinajstić information content (AvgIpc) is 3.33. The van der Waals surface area contributed by atoms with Gasteiger partial charge in [-0.3, -0.25) is 4.79 Å². The maximum atomic E-state index is 13.8. The molecule has 35 heavy (non-hydrogen) atoms. The highest BCUT2D eigenvalue weighted by Gasteiger charge is 2.28. The number of fused-ring (bicyclic) bond motifs is 1. The van der Waals surface area contributed by atoms with E-state index in [2.05, 4.69) is 34.1 Å². The van der Waals surface area contributed by atoms with Crippen LogP contribution in [0.3, 0.4) is 0 Å². The van der Waals surface area contributed by atoms with Gasteiger partial charge in [0.2, 0.25) is 0 Å². The number of hydrogen-bond acceptors (Lipinski definition) is 5. The SMILES string of the molecule is CCn1ncc2c(N[C@H](C)C3CCCCC3)c(C(=O)N3CCN(c4ccccc4Cl)CC3)cnc21. The van der Waals surface area contributed by atoms with Crippen LogP contribution in [0.4, 0.5) is 11.4 Å².